The topological polar surface area (TPSA) is 39.1 Å². The van der Waals surface area contributed by atoms with Crippen LogP contribution in [-0.2, 0) is 17.8 Å². The Kier molecular flexibility index (Phi) is 5.13. The third-order valence-corrected chi connectivity index (χ3v) is 5.39. The molecule has 1 heterocycles. The predicted molar refractivity (Wildman–Crippen MR) is 116 cm³/mol. The van der Waals surface area contributed by atoms with E-state index in [1.54, 1.807) is 0 Å². The first kappa shape index (κ1) is 18.9. The fourth-order valence-corrected chi connectivity index (χ4v) is 3.69. The lowest BCUT2D eigenvalue weighted by Crippen LogP contribution is -2.12. The molecule has 29 heavy (non-hydrogen) atoms. The number of para-hydroxylation sites is 1. The standard InChI is InChI=1S/C26H23NO2/c1-18-12-13-20(14-19(18)2)15-22(28)16-27-17-24(23-10-6-7-11-25(23)27)26(29)21-8-4-3-5-9-21/h3-14,17H,15-16H2,1-2H3. The van der Waals surface area contributed by atoms with Crippen LogP contribution in [0.5, 0.6) is 0 Å². The average molecular weight is 381 g/mol. The lowest BCUT2D eigenvalue weighted by Gasteiger charge is -2.07. The van der Waals surface area contributed by atoms with Crippen LogP contribution in [0.4, 0.5) is 0 Å². The van der Waals surface area contributed by atoms with Crippen molar-refractivity contribution in [2.24, 2.45) is 0 Å². The minimum absolute atomic E-state index is 0.0258. The Bertz CT molecular complexity index is 1200. The zero-order valence-electron chi connectivity index (χ0n) is 16.7. The van der Waals surface area contributed by atoms with E-state index < -0.39 is 0 Å². The highest BCUT2D eigenvalue weighted by molar-refractivity contribution is 6.16. The summed E-state index contributed by atoms with van der Waals surface area (Å²) in [4.78, 5) is 25.8. The Morgan fingerprint density at radius 1 is 0.828 bits per heavy atom. The zero-order valence-corrected chi connectivity index (χ0v) is 16.7. The van der Waals surface area contributed by atoms with Crippen LogP contribution in [-0.4, -0.2) is 16.1 Å². The Hall–Kier alpha value is -3.46. The van der Waals surface area contributed by atoms with Gasteiger partial charge in [-0.2, -0.15) is 0 Å². The molecule has 0 atom stereocenters. The Morgan fingerprint density at radius 3 is 2.31 bits per heavy atom. The number of rotatable bonds is 6. The number of carbonyl (C=O) groups is 2. The molecule has 0 unspecified atom stereocenters. The number of ketones is 2. The Labute approximate surface area is 170 Å². The quantitative estimate of drug-likeness (QED) is 0.425. The second-order valence-electron chi connectivity index (χ2n) is 7.52. The second kappa shape index (κ2) is 7.88. The number of hydrogen-bond donors (Lipinski definition) is 0. The summed E-state index contributed by atoms with van der Waals surface area (Å²) in [6.45, 7) is 4.37. The molecule has 0 radical (unpaired) electrons. The lowest BCUT2D eigenvalue weighted by molar-refractivity contribution is -0.118. The maximum Gasteiger partial charge on any atom is 0.195 e. The number of aryl methyl sites for hydroxylation is 2. The summed E-state index contributed by atoms with van der Waals surface area (Å²) in [5.41, 5.74) is 5.62. The molecule has 0 aliphatic rings. The molecule has 3 aromatic carbocycles. The third-order valence-electron chi connectivity index (χ3n) is 5.39. The third kappa shape index (κ3) is 3.90. The SMILES string of the molecule is Cc1ccc(CC(=O)Cn2cc(C(=O)c3ccccc3)c3ccccc32)cc1C. The number of Topliss-reactive ketones (excluding diaryl/α,β-unsaturated/α-hetero) is 1. The number of benzene rings is 3. The second-order valence-corrected chi connectivity index (χ2v) is 7.52. The molecule has 4 aromatic rings. The van der Waals surface area contributed by atoms with Gasteiger partial charge in [0.25, 0.3) is 0 Å². The molecule has 3 nitrogen and oxygen atoms in total. The van der Waals surface area contributed by atoms with Crippen molar-refractivity contribution in [2.75, 3.05) is 0 Å². The van der Waals surface area contributed by atoms with Crippen LogP contribution >= 0.6 is 0 Å². The number of fused-ring (bicyclic) bond motifs is 1. The van der Waals surface area contributed by atoms with E-state index >= 15 is 0 Å². The largest absolute Gasteiger partial charge is 0.339 e. The van der Waals surface area contributed by atoms with Crippen molar-refractivity contribution in [3.05, 3.63) is 107 Å². The molecule has 0 spiro atoms. The fraction of sp³-hybridized carbons (Fsp3) is 0.154. The zero-order chi connectivity index (χ0) is 20.4. The van der Waals surface area contributed by atoms with E-state index in [0.29, 0.717) is 17.5 Å². The summed E-state index contributed by atoms with van der Waals surface area (Å²) in [5.74, 6) is 0.0925. The van der Waals surface area contributed by atoms with Crippen molar-refractivity contribution < 1.29 is 9.59 Å². The van der Waals surface area contributed by atoms with Gasteiger partial charge in [-0.05, 0) is 36.6 Å². The number of aromatic nitrogens is 1. The van der Waals surface area contributed by atoms with E-state index in [-0.39, 0.29) is 18.1 Å². The lowest BCUT2D eigenvalue weighted by atomic mass is 10.0. The molecule has 0 saturated heterocycles. The van der Waals surface area contributed by atoms with Gasteiger partial charge in [0.1, 0.15) is 0 Å². The summed E-state index contributed by atoms with van der Waals surface area (Å²) in [6, 6.07) is 23.2. The number of nitrogens with zero attached hydrogens (tertiary/aromatic N) is 1. The summed E-state index contributed by atoms with van der Waals surface area (Å²) >= 11 is 0. The first-order valence-corrected chi connectivity index (χ1v) is 9.78. The van der Waals surface area contributed by atoms with Crippen LogP contribution in [0.3, 0.4) is 0 Å². The van der Waals surface area contributed by atoms with Gasteiger partial charge in [-0.3, -0.25) is 9.59 Å². The van der Waals surface area contributed by atoms with Gasteiger partial charge in [-0.25, -0.2) is 0 Å². The average Bonchev–Trinajstić information content (AvgIpc) is 3.09. The molecule has 0 fully saturated rings. The van der Waals surface area contributed by atoms with Crippen LogP contribution in [0.1, 0.15) is 32.6 Å². The van der Waals surface area contributed by atoms with Gasteiger partial charge in [-0.15, -0.1) is 0 Å². The Balaban J connectivity index is 1.63. The van der Waals surface area contributed by atoms with Gasteiger partial charge in [-0.1, -0.05) is 66.7 Å². The molecular formula is C26H23NO2. The highest BCUT2D eigenvalue weighted by atomic mass is 16.1. The molecule has 1 aromatic heterocycles. The first-order valence-electron chi connectivity index (χ1n) is 9.78. The van der Waals surface area contributed by atoms with E-state index in [2.05, 4.69) is 26.0 Å². The van der Waals surface area contributed by atoms with E-state index in [0.717, 1.165) is 16.5 Å². The van der Waals surface area contributed by atoms with Crippen LogP contribution in [0.25, 0.3) is 10.9 Å². The van der Waals surface area contributed by atoms with E-state index in [4.69, 9.17) is 0 Å². The summed E-state index contributed by atoms with van der Waals surface area (Å²) in [5, 5.41) is 0.875. The van der Waals surface area contributed by atoms with E-state index in [1.807, 2.05) is 71.4 Å². The van der Waals surface area contributed by atoms with E-state index in [9.17, 15) is 9.59 Å². The smallest absolute Gasteiger partial charge is 0.195 e. The summed E-state index contributed by atoms with van der Waals surface area (Å²) in [7, 11) is 0. The molecule has 0 bridgehead atoms. The van der Waals surface area contributed by atoms with Gasteiger partial charge >= 0.3 is 0 Å². The monoisotopic (exact) mass is 381 g/mol. The molecule has 0 N–H and O–H groups in total. The van der Waals surface area contributed by atoms with E-state index in [1.165, 1.54) is 11.1 Å². The molecule has 0 amide bonds. The van der Waals surface area contributed by atoms with Crippen molar-refractivity contribution in [3.8, 4) is 0 Å². The molecule has 4 rings (SSSR count). The maximum atomic E-state index is 13.0. The molecule has 0 aliphatic carbocycles. The normalized spacial score (nSPS) is 11.0. The van der Waals surface area contributed by atoms with Gasteiger partial charge in [0.15, 0.2) is 11.6 Å². The Morgan fingerprint density at radius 2 is 1.55 bits per heavy atom. The number of hydrogen-bond acceptors (Lipinski definition) is 2. The molecule has 0 aliphatic heterocycles. The first-order chi connectivity index (χ1) is 14.0. The minimum Gasteiger partial charge on any atom is -0.339 e. The van der Waals surface area contributed by atoms with Crippen molar-refractivity contribution in [2.45, 2.75) is 26.8 Å². The van der Waals surface area contributed by atoms with Crippen molar-refractivity contribution in [1.29, 1.82) is 0 Å². The predicted octanol–water partition coefficient (Wildman–Crippen LogP) is 5.30. The van der Waals surface area contributed by atoms with Gasteiger partial charge in [0.05, 0.1) is 6.54 Å². The molecular weight excluding hydrogens is 358 g/mol. The minimum atomic E-state index is -0.0258. The fourth-order valence-electron chi connectivity index (χ4n) is 3.69. The van der Waals surface area contributed by atoms with Crippen molar-refractivity contribution in [1.82, 2.24) is 4.57 Å². The molecule has 0 saturated carbocycles. The van der Waals surface area contributed by atoms with Crippen LogP contribution in [0, 0.1) is 13.8 Å². The highest BCUT2D eigenvalue weighted by Gasteiger charge is 2.17. The molecule has 144 valence electrons. The van der Waals surface area contributed by atoms with Gasteiger partial charge < -0.3 is 4.57 Å². The van der Waals surface area contributed by atoms with Gasteiger partial charge in [0.2, 0.25) is 0 Å². The highest BCUT2D eigenvalue weighted by Crippen LogP contribution is 2.24. The van der Waals surface area contributed by atoms with Crippen LogP contribution < -0.4 is 0 Å². The van der Waals surface area contributed by atoms with Crippen molar-refractivity contribution >= 4 is 22.5 Å². The maximum absolute atomic E-state index is 13.0. The number of carbonyl (C=O) groups excluding carboxylic acids is 2. The summed E-state index contributed by atoms with van der Waals surface area (Å²) in [6.07, 6.45) is 2.20. The van der Waals surface area contributed by atoms with Crippen LogP contribution in [0.15, 0.2) is 79.0 Å². The van der Waals surface area contributed by atoms with Crippen LogP contribution in [0.2, 0.25) is 0 Å². The molecule has 3 heteroatoms. The summed E-state index contributed by atoms with van der Waals surface area (Å²) < 4.78 is 1.90. The van der Waals surface area contributed by atoms with Gasteiger partial charge in [0, 0.05) is 34.6 Å². The van der Waals surface area contributed by atoms with Crippen molar-refractivity contribution in [3.63, 3.8) is 0 Å².